The normalized spacial score (nSPS) is 13.6. The fourth-order valence-corrected chi connectivity index (χ4v) is 3.32. The van der Waals surface area contributed by atoms with Gasteiger partial charge in [-0.2, -0.15) is 0 Å². The zero-order valence-electron chi connectivity index (χ0n) is 12.6. The third-order valence-corrected chi connectivity index (χ3v) is 4.50. The second kappa shape index (κ2) is 6.54. The van der Waals surface area contributed by atoms with Crippen molar-refractivity contribution in [3.63, 3.8) is 0 Å². The Bertz CT molecular complexity index is 996. The van der Waals surface area contributed by atoms with Crippen molar-refractivity contribution < 1.29 is 33.0 Å². The van der Waals surface area contributed by atoms with E-state index in [4.69, 9.17) is 9.52 Å². The number of hydrogen-bond donors (Lipinski definition) is 2. The van der Waals surface area contributed by atoms with Gasteiger partial charge in [0.1, 0.15) is 17.2 Å². The Hall–Kier alpha value is -2.91. The first kappa shape index (κ1) is 16.9. The van der Waals surface area contributed by atoms with Crippen LogP contribution in [0.1, 0.15) is 6.42 Å². The number of carboxylic acid groups (broad SMARTS) is 2. The van der Waals surface area contributed by atoms with Crippen molar-refractivity contribution in [2.75, 3.05) is 4.31 Å². The van der Waals surface area contributed by atoms with Crippen LogP contribution in [0.3, 0.4) is 0 Å². The van der Waals surface area contributed by atoms with Gasteiger partial charge in [-0.15, -0.1) is 0 Å². The highest BCUT2D eigenvalue weighted by Gasteiger charge is 2.30. The Kier molecular flexibility index (Phi) is 4.43. The minimum Gasteiger partial charge on any atom is -0.755 e. The molecule has 0 aliphatic heterocycles. The van der Waals surface area contributed by atoms with Gasteiger partial charge in [0.15, 0.2) is 0 Å². The van der Waals surface area contributed by atoms with E-state index in [1.165, 1.54) is 12.1 Å². The van der Waals surface area contributed by atoms with Gasteiger partial charge in [-0.3, -0.25) is 13.3 Å². The highest BCUT2D eigenvalue weighted by Crippen LogP contribution is 2.32. The van der Waals surface area contributed by atoms with Crippen LogP contribution in [-0.2, 0) is 20.9 Å². The number of carbonyl (C=O) groups is 2. The average Bonchev–Trinajstić information content (AvgIpc) is 2.91. The molecule has 3 aromatic rings. The first-order chi connectivity index (χ1) is 11.9. The molecule has 1 aromatic heterocycles. The zero-order chi connectivity index (χ0) is 18.1. The van der Waals surface area contributed by atoms with Gasteiger partial charge >= 0.3 is 11.9 Å². The van der Waals surface area contributed by atoms with E-state index >= 15 is 0 Å². The van der Waals surface area contributed by atoms with Crippen molar-refractivity contribution in [1.29, 1.82) is 0 Å². The molecule has 25 heavy (non-hydrogen) atoms. The zero-order valence-corrected chi connectivity index (χ0v) is 13.4. The summed E-state index contributed by atoms with van der Waals surface area (Å²) in [5.41, 5.74) is 0.979. The van der Waals surface area contributed by atoms with E-state index in [0.717, 1.165) is 10.8 Å². The number of benzene rings is 2. The number of anilines is 1. The van der Waals surface area contributed by atoms with Crippen molar-refractivity contribution in [3.05, 3.63) is 42.5 Å². The number of fused-ring (bicyclic) bond motifs is 3. The van der Waals surface area contributed by atoms with Gasteiger partial charge in [-0.05, 0) is 18.2 Å². The molecular weight excluding hydrogens is 350 g/mol. The number of para-hydroxylation sites is 1. The van der Waals surface area contributed by atoms with E-state index in [2.05, 4.69) is 0 Å². The van der Waals surface area contributed by atoms with Crippen LogP contribution in [0.2, 0.25) is 0 Å². The molecule has 3 rings (SSSR count). The molecule has 0 aliphatic carbocycles. The third kappa shape index (κ3) is 3.19. The number of hydrogen-bond acceptors (Lipinski definition) is 5. The molecule has 1 heterocycles. The first-order valence-corrected chi connectivity index (χ1v) is 8.16. The summed E-state index contributed by atoms with van der Waals surface area (Å²) in [5.74, 6) is -2.98. The fourth-order valence-electron chi connectivity index (χ4n) is 2.66. The lowest BCUT2D eigenvalue weighted by Crippen LogP contribution is -2.43. The summed E-state index contributed by atoms with van der Waals surface area (Å²) in [6.45, 7) is 0. The van der Waals surface area contributed by atoms with Crippen molar-refractivity contribution in [2.45, 2.75) is 12.5 Å². The van der Waals surface area contributed by atoms with Gasteiger partial charge in [0.2, 0.25) is 0 Å². The Balaban J connectivity index is 2.12. The van der Waals surface area contributed by atoms with E-state index in [1.807, 2.05) is 12.1 Å². The Morgan fingerprint density at radius 1 is 1.12 bits per heavy atom. The van der Waals surface area contributed by atoms with Gasteiger partial charge in [-0.1, -0.05) is 18.2 Å². The maximum atomic E-state index is 11.6. The predicted molar refractivity (Wildman–Crippen MR) is 88.8 cm³/mol. The highest BCUT2D eigenvalue weighted by atomic mass is 32.2. The fraction of sp³-hybridized carbons (Fsp3) is 0.125. The molecule has 0 saturated heterocycles. The topological polar surface area (TPSA) is 131 Å². The second-order valence-electron chi connectivity index (χ2n) is 5.27. The molecular formula is C16H12NO7S-. The van der Waals surface area contributed by atoms with Crippen LogP contribution >= 0.6 is 0 Å². The quantitative estimate of drug-likeness (QED) is 0.642. The van der Waals surface area contributed by atoms with E-state index in [9.17, 15) is 23.5 Å². The molecule has 9 heteroatoms. The minimum atomic E-state index is -2.98. The highest BCUT2D eigenvalue weighted by molar-refractivity contribution is 7.80. The monoisotopic (exact) mass is 362 g/mol. The molecule has 2 N–H and O–H groups in total. The minimum absolute atomic E-state index is 0.00791. The molecule has 130 valence electrons. The molecule has 2 aromatic carbocycles. The van der Waals surface area contributed by atoms with Crippen LogP contribution in [0.4, 0.5) is 5.69 Å². The molecule has 0 bridgehead atoms. The van der Waals surface area contributed by atoms with E-state index in [-0.39, 0.29) is 5.69 Å². The Morgan fingerprint density at radius 3 is 2.44 bits per heavy atom. The lowest BCUT2D eigenvalue weighted by Gasteiger charge is -2.31. The van der Waals surface area contributed by atoms with Crippen molar-refractivity contribution in [2.24, 2.45) is 0 Å². The molecule has 2 atom stereocenters. The number of rotatable bonds is 6. The van der Waals surface area contributed by atoms with Crippen LogP contribution < -0.4 is 4.31 Å². The molecule has 0 saturated carbocycles. The molecule has 0 radical (unpaired) electrons. The molecule has 2 unspecified atom stereocenters. The van der Waals surface area contributed by atoms with Crippen LogP contribution in [0.5, 0.6) is 0 Å². The average molecular weight is 362 g/mol. The summed E-state index contributed by atoms with van der Waals surface area (Å²) >= 11 is -2.98. The SMILES string of the molecule is O=C(O)CC(C(=O)O)N(c1ccc2c(c1)oc1ccccc12)S(=O)[O-]. The molecule has 0 aliphatic rings. The standard InChI is InChI=1S/C16H13NO7S/c18-15(19)8-12(16(20)21)17(25(22)23)9-5-6-11-10-3-1-2-4-13(10)24-14(11)7-9/h1-7,12H,8H2,(H,18,19)(H,20,21)(H,22,23)/p-1. The lowest BCUT2D eigenvalue weighted by atomic mass is 10.1. The molecule has 0 fully saturated rings. The Labute approximate surface area is 143 Å². The van der Waals surface area contributed by atoms with Gasteiger partial charge in [0.25, 0.3) is 0 Å². The predicted octanol–water partition coefficient (Wildman–Crippen LogP) is 2.11. The van der Waals surface area contributed by atoms with Gasteiger partial charge in [-0.25, -0.2) is 4.79 Å². The van der Waals surface area contributed by atoms with Gasteiger partial charge < -0.3 is 19.2 Å². The summed E-state index contributed by atoms with van der Waals surface area (Å²) in [4.78, 5) is 22.2. The number of nitrogens with zero attached hydrogens (tertiary/aromatic N) is 1. The largest absolute Gasteiger partial charge is 0.755 e. The summed E-state index contributed by atoms with van der Waals surface area (Å²) in [5, 5.41) is 19.7. The maximum Gasteiger partial charge on any atom is 0.328 e. The molecule has 0 amide bonds. The second-order valence-corrected chi connectivity index (χ2v) is 6.10. The summed E-state index contributed by atoms with van der Waals surface area (Å²) < 4.78 is 29.3. The molecule has 0 spiro atoms. The number of aliphatic carboxylic acids is 2. The summed E-state index contributed by atoms with van der Waals surface area (Å²) in [6, 6.07) is 9.85. The van der Waals surface area contributed by atoms with Crippen LogP contribution in [0.15, 0.2) is 46.9 Å². The summed E-state index contributed by atoms with van der Waals surface area (Å²) in [6.07, 6.45) is -0.874. The van der Waals surface area contributed by atoms with Gasteiger partial charge in [0.05, 0.1) is 12.1 Å². The van der Waals surface area contributed by atoms with Crippen molar-refractivity contribution in [1.82, 2.24) is 0 Å². The van der Waals surface area contributed by atoms with Crippen LogP contribution in [-0.4, -0.2) is 37.0 Å². The van der Waals surface area contributed by atoms with E-state index < -0.39 is 35.7 Å². The van der Waals surface area contributed by atoms with E-state index in [0.29, 0.717) is 15.5 Å². The lowest BCUT2D eigenvalue weighted by molar-refractivity contribution is -0.144. The van der Waals surface area contributed by atoms with E-state index in [1.54, 1.807) is 18.2 Å². The number of carboxylic acids is 2. The van der Waals surface area contributed by atoms with Crippen molar-refractivity contribution >= 4 is 50.8 Å². The first-order valence-electron chi connectivity index (χ1n) is 7.13. The third-order valence-electron chi connectivity index (χ3n) is 3.71. The molecule has 8 nitrogen and oxygen atoms in total. The smallest absolute Gasteiger partial charge is 0.328 e. The maximum absolute atomic E-state index is 11.6. The Morgan fingerprint density at radius 2 is 1.80 bits per heavy atom. The van der Waals surface area contributed by atoms with Crippen LogP contribution in [0.25, 0.3) is 21.9 Å². The van der Waals surface area contributed by atoms with Gasteiger partial charge in [0, 0.05) is 28.1 Å². The van der Waals surface area contributed by atoms with Crippen molar-refractivity contribution in [3.8, 4) is 0 Å². The number of furan rings is 1. The van der Waals surface area contributed by atoms with Crippen LogP contribution in [0, 0.1) is 0 Å². The summed E-state index contributed by atoms with van der Waals surface area (Å²) in [7, 11) is 0.